The van der Waals surface area contributed by atoms with Crippen LogP contribution >= 0.6 is 30.3 Å². The van der Waals surface area contributed by atoms with Crippen molar-refractivity contribution in [3.8, 4) is 16.9 Å². The van der Waals surface area contributed by atoms with Gasteiger partial charge in [0.05, 0.1) is 30.1 Å². The minimum Gasteiger partial charge on any atom is -0.369 e. The predicted octanol–water partition coefficient (Wildman–Crippen LogP) is 9.27. The molecule has 17 heteroatoms. The van der Waals surface area contributed by atoms with Gasteiger partial charge in [0.1, 0.15) is 42.0 Å². The molecule has 4 heterocycles. The van der Waals surface area contributed by atoms with Crippen molar-refractivity contribution in [1.29, 1.82) is 0 Å². The van der Waals surface area contributed by atoms with E-state index in [0.717, 1.165) is 17.7 Å². The Morgan fingerprint density at radius 1 is 0.871 bits per heavy atom. The molecule has 2 aromatic heterocycles. The molecule has 0 N–H and O–H groups in total. The maximum atomic E-state index is 14.9. The molecule has 0 saturated carbocycles. The Kier molecular flexibility index (Phi) is 12.0. The Labute approximate surface area is 364 Å². The van der Waals surface area contributed by atoms with E-state index in [1.807, 2.05) is 91.0 Å². The molecule has 0 amide bonds. The minimum atomic E-state index is -3.31. The normalized spacial score (nSPS) is 21.6. The molecular weight excluding hydrogens is 863 g/mol. The predicted molar refractivity (Wildman–Crippen MR) is 227 cm³/mol. The molecule has 0 aliphatic carbocycles. The number of aromatic nitrogens is 6. The van der Waals surface area contributed by atoms with E-state index in [1.165, 1.54) is 15.6 Å². The van der Waals surface area contributed by atoms with Crippen molar-refractivity contribution in [2.24, 2.45) is 0 Å². The van der Waals surface area contributed by atoms with Gasteiger partial charge in [0.2, 0.25) is 0 Å². The highest BCUT2D eigenvalue weighted by atomic mass is 35.5. The lowest BCUT2D eigenvalue weighted by Gasteiger charge is -2.49. The van der Waals surface area contributed by atoms with E-state index in [0.29, 0.717) is 32.2 Å². The molecule has 2 aliphatic heterocycles. The van der Waals surface area contributed by atoms with Crippen LogP contribution in [0.5, 0.6) is 0 Å². The van der Waals surface area contributed by atoms with Crippen LogP contribution in [0, 0.1) is 24.4 Å². The smallest absolute Gasteiger partial charge is 0.194 e. The maximum Gasteiger partial charge on any atom is 0.194 e. The number of aryl methyl sites for hydroxylation is 1. The number of benzene rings is 5. The number of nitrogens with zero attached hydrogens (tertiary/aromatic N) is 6. The number of ether oxygens (including phenoxy) is 4. The molecule has 62 heavy (non-hydrogen) atoms. The van der Waals surface area contributed by atoms with Crippen molar-refractivity contribution in [2.45, 2.75) is 43.7 Å². The fourth-order valence-electron chi connectivity index (χ4n) is 7.75. The molecular formula is C45H36Cl2F3N6O5P. The van der Waals surface area contributed by atoms with Crippen molar-refractivity contribution in [2.75, 3.05) is 13.2 Å². The molecule has 0 bridgehead atoms. The van der Waals surface area contributed by atoms with E-state index in [-0.39, 0.29) is 30.3 Å². The lowest BCUT2D eigenvalue weighted by molar-refractivity contribution is -0.322. The summed E-state index contributed by atoms with van der Waals surface area (Å²) in [5, 5.41) is 15.4. The average molecular weight is 900 g/mol. The zero-order chi connectivity index (χ0) is 43.0. The Morgan fingerprint density at radius 2 is 1.53 bits per heavy atom. The molecule has 2 saturated heterocycles. The third-order valence-electron chi connectivity index (χ3n) is 10.6. The zero-order valence-corrected chi connectivity index (χ0v) is 35.1. The quantitative estimate of drug-likeness (QED) is 0.0926. The molecule has 316 valence electrons. The monoisotopic (exact) mass is 898 g/mol. The fourth-order valence-corrected chi connectivity index (χ4v) is 10.4. The van der Waals surface area contributed by atoms with Crippen LogP contribution in [0.3, 0.4) is 0 Å². The number of rotatable bonds is 11. The summed E-state index contributed by atoms with van der Waals surface area (Å²) in [5.74, 6) is -2.05. The van der Waals surface area contributed by atoms with Gasteiger partial charge in [0.25, 0.3) is 0 Å². The summed E-state index contributed by atoms with van der Waals surface area (Å²) < 4.78 is 87.7. The third-order valence-corrected chi connectivity index (χ3v) is 13.9. The summed E-state index contributed by atoms with van der Waals surface area (Å²) in [7, 11) is -3.31. The maximum absolute atomic E-state index is 14.9. The number of halogens is 5. The highest BCUT2D eigenvalue weighted by molar-refractivity contribution is 7.81. The molecule has 9 rings (SSSR count). The van der Waals surface area contributed by atoms with Gasteiger partial charge in [-0.1, -0.05) is 125 Å². The second-order valence-corrected chi connectivity index (χ2v) is 18.1. The molecule has 7 aromatic rings. The summed E-state index contributed by atoms with van der Waals surface area (Å²) in [6.07, 6.45) is -1.37. The second-order valence-electron chi connectivity index (χ2n) is 14.6. The van der Waals surface area contributed by atoms with Crippen molar-refractivity contribution in [1.82, 2.24) is 29.8 Å². The summed E-state index contributed by atoms with van der Waals surface area (Å²) in [6, 6.07) is 33.4. The van der Waals surface area contributed by atoms with Gasteiger partial charge in [0.15, 0.2) is 36.7 Å². The molecule has 0 spiro atoms. The van der Waals surface area contributed by atoms with Gasteiger partial charge in [-0.2, -0.15) is 5.10 Å². The summed E-state index contributed by atoms with van der Waals surface area (Å²) in [5.41, 5.74) is 1.16. The van der Waals surface area contributed by atoms with Crippen molar-refractivity contribution < 1.29 is 36.7 Å². The lowest BCUT2D eigenvalue weighted by Crippen LogP contribution is -2.57. The molecule has 2 aliphatic rings. The van der Waals surface area contributed by atoms with Gasteiger partial charge < -0.3 is 23.5 Å². The Hall–Kier alpha value is -5.44. The van der Waals surface area contributed by atoms with Crippen LogP contribution < -0.4 is 10.6 Å². The Balaban J connectivity index is 1.17. The fraction of sp³-hybridized carbons (Fsp3) is 0.200. The number of hydrogen-bond donors (Lipinski definition) is 0. The van der Waals surface area contributed by atoms with Crippen molar-refractivity contribution in [3.63, 3.8) is 0 Å². The van der Waals surface area contributed by atoms with Gasteiger partial charge in [0, 0.05) is 26.8 Å². The van der Waals surface area contributed by atoms with E-state index >= 15 is 0 Å². The topological polar surface area (TPSA) is 115 Å². The molecule has 2 fully saturated rings. The van der Waals surface area contributed by atoms with Crippen LogP contribution in [0.2, 0.25) is 10.0 Å². The first-order valence-electron chi connectivity index (χ1n) is 19.5. The van der Waals surface area contributed by atoms with Gasteiger partial charge in [-0.3, -0.25) is 0 Å². The van der Waals surface area contributed by atoms with Crippen LogP contribution in [-0.2, 0) is 23.5 Å². The van der Waals surface area contributed by atoms with Gasteiger partial charge in [-0.15, -0.1) is 5.10 Å². The standard InChI is InChI=1S/C45H36Cl2F3N6O5P/c1-27-51-44(56(53-27)37-24-30(46)18-19-33(37)47)43-42(58-20-11-21-62(57,31-14-7-3-8-15-31)32-16-9-4-10-17-32)40(41-38(60-43)26-59-45(61-41)28-12-5-2-6-13-28)55-25-36(52-54-55)29-22-34(48)39(50)35(49)23-29/h2-19,21-25,38,40-43,45H,20,26H2,1H3/b21-11+. The minimum absolute atomic E-state index is 0.0455. The first kappa shape index (κ1) is 41.9. The van der Waals surface area contributed by atoms with E-state index in [1.54, 1.807) is 37.0 Å². The van der Waals surface area contributed by atoms with Crippen molar-refractivity contribution in [3.05, 3.63) is 184 Å². The molecule has 11 nitrogen and oxygen atoms in total. The zero-order valence-electron chi connectivity index (χ0n) is 32.7. The molecule has 6 unspecified atom stereocenters. The summed E-state index contributed by atoms with van der Waals surface area (Å²) >= 11 is 13.2. The molecule has 5 aromatic carbocycles. The number of fused-ring (bicyclic) bond motifs is 1. The van der Waals surface area contributed by atoms with Crippen LogP contribution in [-0.4, -0.2) is 61.3 Å². The van der Waals surface area contributed by atoms with Crippen LogP contribution in [0.1, 0.15) is 35.6 Å². The van der Waals surface area contributed by atoms with E-state index in [2.05, 4.69) is 15.4 Å². The van der Waals surface area contributed by atoms with Crippen LogP contribution in [0.25, 0.3) is 16.9 Å². The second kappa shape index (κ2) is 17.7. The van der Waals surface area contributed by atoms with Crippen molar-refractivity contribution >= 4 is 41.0 Å². The van der Waals surface area contributed by atoms with Crippen LogP contribution in [0.15, 0.2) is 139 Å². The van der Waals surface area contributed by atoms with Gasteiger partial charge in [-0.05, 0) is 43.1 Å². The van der Waals surface area contributed by atoms with Gasteiger partial charge >= 0.3 is 0 Å². The van der Waals surface area contributed by atoms with E-state index in [4.69, 9.17) is 47.1 Å². The first-order chi connectivity index (χ1) is 30.1. The average Bonchev–Trinajstić information content (AvgIpc) is 3.95. The third kappa shape index (κ3) is 8.27. The first-order valence-corrected chi connectivity index (χ1v) is 22.0. The lowest BCUT2D eigenvalue weighted by atomic mass is 9.90. The largest absolute Gasteiger partial charge is 0.369 e. The number of hydrogen-bond acceptors (Lipinski definition) is 9. The highest BCUT2D eigenvalue weighted by Crippen LogP contribution is 2.47. The molecule has 6 atom stereocenters. The highest BCUT2D eigenvalue weighted by Gasteiger charge is 2.54. The molecule has 0 radical (unpaired) electrons. The Bertz CT molecular complexity index is 2720. The summed E-state index contributed by atoms with van der Waals surface area (Å²) in [4.78, 5) is 4.82. The van der Waals surface area contributed by atoms with Gasteiger partial charge in [-0.25, -0.2) is 27.5 Å². The van der Waals surface area contributed by atoms with E-state index in [9.17, 15) is 17.7 Å². The Morgan fingerprint density at radius 3 is 2.21 bits per heavy atom. The van der Waals surface area contributed by atoms with Crippen LogP contribution in [0.4, 0.5) is 13.2 Å². The van der Waals surface area contributed by atoms with E-state index < -0.39 is 61.3 Å². The SMILES string of the molecule is Cc1nc(C2OC3COC(c4ccccc4)OC3C(n3cc(-c4cc(F)c(F)c(F)c4)nn3)C2OC/C=C/P(=O)(c2ccccc2)c2ccccc2)n(-c2cc(Cl)ccc2Cl)n1. The summed E-state index contributed by atoms with van der Waals surface area (Å²) in [6.45, 7) is 1.68.